The zero-order valence-electron chi connectivity index (χ0n) is 11.2. The van der Waals surface area contributed by atoms with E-state index >= 15 is 0 Å². The number of rotatable bonds is 7. The minimum atomic E-state index is -0.00734. The summed E-state index contributed by atoms with van der Waals surface area (Å²) in [6.07, 6.45) is 7.11. The van der Waals surface area contributed by atoms with Crippen LogP contribution < -0.4 is 5.32 Å². The maximum atomic E-state index is 9.71. The molecule has 0 saturated heterocycles. The first-order valence-corrected chi connectivity index (χ1v) is 7.06. The molecule has 2 N–H and O–H groups in total. The van der Waals surface area contributed by atoms with Gasteiger partial charge in [-0.2, -0.15) is 0 Å². The highest BCUT2D eigenvalue weighted by Gasteiger charge is 2.24. The summed E-state index contributed by atoms with van der Waals surface area (Å²) in [7, 11) is 0. The summed E-state index contributed by atoms with van der Waals surface area (Å²) in [5.74, 6) is 1.31. The normalized spacial score (nSPS) is 27.6. The standard InChI is InChI=1S/C14H29NO/c1-4-13(11(2)3)15-10-6-8-12-7-5-9-14(12)16/h11-16H,4-10H2,1-3H3. The van der Waals surface area contributed by atoms with Gasteiger partial charge in [-0.15, -0.1) is 0 Å². The van der Waals surface area contributed by atoms with E-state index < -0.39 is 0 Å². The Morgan fingerprint density at radius 1 is 1.31 bits per heavy atom. The van der Waals surface area contributed by atoms with Crippen LogP contribution in [0.1, 0.15) is 59.3 Å². The summed E-state index contributed by atoms with van der Waals surface area (Å²) < 4.78 is 0. The molecule has 1 saturated carbocycles. The minimum Gasteiger partial charge on any atom is -0.393 e. The van der Waals surface area contributed by atoms with Crippen molar-refractivity contribution in [3.63, 3.8) is 0 Å². The summed E-state index contributed by atoms with van der Waals surface area (Å²) in [5.41, 5.74) is 0. The molecule has 2 nitrogen and oxygen atoms in total. The van der Waals surface area contributed by atoms with E-state index in [0.29, 0.717) is 12.0 Å². The summed E-state index contributed by atoms with van der Waals surface area (Å²) in [6.45, 7) is 7.92. The van der Waals surface area contributed by atoms with Gasteiger partial charge in [0.2, 0.25) is 0 Å². The van der Waals surface area contributed by atoms with Crippen molar-refractivity contribution in [2.24, 2.45) is 11.8 Å². The molecule has 3 atom stereocenters. The van der Waals surface area contributed by atoms with Crippen molar-refractivity contribution in [2.75, 3.05) is 6.54 Å². The van der Waals surface area contributed by atoms with Crippen LogP contribution in [0.25, 0.3) is 0 Å². The van der Waals surface area contributed by atoms with Gasteiger partial charge < -0.3 is 10.4 Å². The molecule has 1 fully saturated rings. The lowest BCUT2D eigenvalue weighted by Gasteiger charge is -2.21. The van der Waals surface area contributed by atoms with E-state index in [2.05, 4.69) is 26.1 Å². The van der Waals surface area contributed by atoms with Gasteiger partial charge in [-0.05, 0) is 50.5 Å². The number of aliphatic hydroxyl groups excluding tert-OH is 1. The van der Waals surface area contributed by atoms with Gasteiger partial charge in [0.05, 0.1) is 6.10 Å². The summed E-state index contributed by atoms with van der Waals surface area (Å²) >= 11 is 0. The molecule has 1 aliphatic rings. The molecule has 1 rings (SSSR count). The molecule has 3 unspecified atom stereocenters. The molecule has 0 bridgehead atoms. The Morgan fingerprint density at radius 3 is 2.56 bits per heavy atom. The second-order valence-electron chi connectivity index (χ2n) is 5.61. The van der Waals surface area contributed by atoms with Crippen LogP contribution in [0.3, 0.4) is 0 Å². The van der Waals surface area contributed by atoms with Crippen molar-refractivity contribution in [2.45, 2.75) is 71.4 Å². The molecule has 0 aliphatic heterocycles. The van der Waals surface area contributed by atoms with Gasteiger partial charge in [0.25, 0.3) is 0 Å². The Balaban J connectivity index is 2.06. The maximum Gasteiger partial charge on any atom is 0.0568 e. The van der Waals surface area contributed by atoms with Crippen molar-refractivity contribution < 1.29 is 5.11 Å². The predicted octanol–water partition coefficient (Wildman–Crippen LogP) is 2.95. The van der Waals surface area contributed by atoms with E-state index in [0.717, 1.165) is 18.9 Å². The van der Waals surface area contributed by atoms with Crippen LogP contribution in [0.4, 0.5) is 0 Å². The molecule has 0 aromatic rings. The molecule has 16 heavy (non-hydrogen) atoms. The fourth-order valence-electron chi connectivity index (χ4n) is 2.86. The molecular weight excluding hydrogens is 198 g/mol. The SMILES string of the molecule is CCC(NCCCC1CCCC1O)C(C)C. The van der Waals surface area contributed by atoms with Crippen molar-refractivity contribution in [3.05, 3.63) is 0 Å². The zero-order valence-corrected chi connectivity index (χ0v) is 11.2. The number of hydrogen-bond acceptors (Lipinski definition) is 2. The summed E-state index contributed by atoms with van der Waals surface area (Å²) in [4.78, 5) is 0. The molecule has 2 heteroatoms. The second-order valence-corrected chi connectivity index (χ2v) is 5.61. The molecule has 0 spiro atoms. The van der Waals surface area contributed by atoms with Gasteiger partial charge in [0.1, 0.15) is 0 Å². The van der Waals surface area contributed by atoms with Crippen molar-refractivity contribution in [1.82, 2.24) is 5.32 Å². The lowest BCUT2D eigenvalue weighted by Crippen LogP contribution is -2.34. The quantitative estimate of drug-likeness (QED) is 0.655. The van der Waals surface area contributed by atoms with Crippen molar-refractivity contribution in [3.8, 4) is 0 Å². The summed E-state index contributed by atoms with van der Waals surface area (Å²) in [5, 5.41) is 13.3. The van der Waals surface area contributed by atoms with Gasteiger partial charge in [-0.25, -0.2) is 0 Å². The fraction of sp³-hybridized carbons (Fsp3) is 1.00. The second kappa shape index (κ2) is 7.29. The molecule has 0 aromatic carbocycles. The molecular formula is C14H29NO. The predicted molar refractivity (Wildman–Crippen MR) is 69.5 cm³/mol. The monoisotopic (exact) mass is 227 g/mol. The van der Waals surface area contributed by atoms with Crippen LogP contribution in [0.15, 0.2) is 0 Å². The molecule has 0 radical (unpaired) electrons. The van der Waals surface area contributed by atoms with E-state index in [1.807, 2.05) is 0 Å². The van der Waals surface area contributed by atoms with E-state index in [9.17, 15) is 5.11 Å². The average molecular weight is 227 g/mol. The highest BCUT2D eigenvalue weighted by molar-refractivity contribution is 4.77. The Hall–Kier alpha value is -0.0800. The topological polar surface area (TPSA) is 32.3 Å². The molecule has 1 aliphatic carbocycles. The third kappa shape index (κ3) is 4.42. The fourth-order valence-corrected chi connectivity index (χ4v) is 2.86. The molecule has 0 amide bonds. The smallest absolute Gasteiger partial charge is 0.0568 e. The first-order valence-electron chi connectivity index (χ1n) is 7.06. The Bertz CT molecular complexity index is 178. The Morgan fingerprint density at radius 2 is 2.06 bits per heavy atom. The van der Waals surface area contributed by atoms with Crippen LogP contribution in [-0.4, -0.2) is 23.8 Å². The zero-order chi connectivity index (χ0) is 12.0. The molecule has 0 heterocycles. The lowest BCUT2D eigenvalue weighted by atomic mass is 9.98. The number of aliphatic hydroxyl groups is 1. The highest BCUT2D eigenvalue weighted by atomic mass is 16.3. The summed E-state index contributed by atoms with van der Waals surface area (Å²) in [6, 6.07) is 0.661. The molecule has 96 valence electrons. The largest absolute Gasteiger partial charge is 0.393 e. The molecule has 0 aromatic heterocycles. The minimum absolute atomic E-state index is 0.00734. The van der Waals surface area contributed by atoms with Crippen LogP contribution in [-0.2, 0) is 0 Å². The van der Waals surface area contributed by atoms with Gasteiger partial charge in [-0.3, -0.25) is 0 Å². The van der Waals surface area contributed by atoms with E-state index in [1.54, 1.807) is 0 Å². The van der Waals surface area contributed by atoms with Gasteiger partial charge in [0, 0.05) is 6.04 Å². The third-order valence-electron chi connectivity index (χ3n) is 4.02. The number of nitrogens with one attached hydrogen (secondary N) is 1. The first kappa shape index (κ1) is 14.0. The Labute approximate surface area is 101 Å². The van der Waals surface area contributed by atoms with Gasteiger partial charge in [0.15, 0.2) is 0 Å². The third-order valence-corrected chi connectivity index (χ3v) is 4.02. The highest BCUT2D eigenvalue weighted by Crippen LogP contribution is 2.28. The van der Waals surface area contributed by atoms with E-state index in [-0.39, 0.29) is 6.10 Å². The maximum absolute atomic E-state index is 9.71. The average Bonchev–Trinajstić information content (AvgIpc) is 2.64. The van der Waals surface area contributed by atoms with Crippen LogP contribution in [0.2, 0.25) is 0 Å². The lowest BCUT2D eigenvalue weighted by molar-refractivity contribution is 0.126. The van der Waals surface area contributed by atoms with Crippen molar-refractivity contribution >= 4 is 0 Å². The van der Waals surface area contributed by atoms with Crippen LogP contribution in [0.5, 0.6) is 0 Å². The van der Waals surface area contributed by atoms with Crippen LogP contribution in [0, 0.1) is 11.8 Å². The van der Waals surface area contributed by atoms with Crippen molar-refractivity contribution in [1.29, 1.82) is 0 Å². The van der Waals surface area contributed by atoms with Gasteiger partial charge >= 0.3 is 0 Å². The van der Waals surface area contributed by atoms with E-state index in [4.69, 9.17) is 0 Å². The van der Waals surface area contributed by atoms with E-state index in [1.165, 1.54) is 32.1 Å². The Kier molecular flexibility index (Phi) is 6.37. The first-order chi connectivity index (χ1) is 7.65. The van der Waals surface area contributed by atoms with Gasteiger partial charge in [-0.1, -0.05) is 27.2 Å². The van der Waals surface area contributed by atoms with Crippen LogP contribution >= 0.6 is 0 Å². The number of hydrogen-bond donors (Lipinski definition) is 2.